The standard InChI is InChI=1S/C22H17ClN2O6/c1-30-19-9-6-14(7-10-19)21(26)24-17-4-2-3-15(11-17)22(27)31-13-16-5-8-18(25(28)29)12-20(16)23/h2-12H,13H2,1H3,(H,24,26). The van der Waals surface area contributed by atoms with Gasteiger partial charge in [-0.15, -0.1) is 0 Å². The number of hydrogen-bond donors (Lipinski definition) is 1. The second-order valence-electron chi connectivity index (χ2n) is 6.37. The number of nitrogens with zero attached hydrogens (tertiary/aromatic N) is 1. The number of rotatable bonds is 7. The Kier molecular flexibility index (Phi) is 6.84. The van der Waals surface area contributed by atoms with Crippen molar-refractivity contribution in [3.8, 4) is 5.75 Å². The lowest BCUT2D eigenvalue weighted by molar-refractivity contribution is -0.384. The second-order valence-corrected chi connectivity index (χ2v) is 6.78. The van der Waals surface area contributed by atoms with Gasteiger partial charge < -0.3 is 14.8 Å². The quantitative estimate of drug-likeness (QED) is 0.319. The van der Waals surface area contributed by atoms with Crippen molar-refractivity contribution in [1.29, 1.82) is 0 Å². The third-order valence-electron chi connectivity index (χ3n) is 4.31. The molecule has 3 aromatic rings. The van der Waals surface area contributed by atoms with E-state index in [0.29, 0.717) is 22.6 Å². The molecule has 0 fully saturated rings. The van der Waals surface area contributed by atoms with Gasteiger partial charge in [0.05, 0.1) is 22.6 Å². The van der Waals surface area contributed by atoms with Gasteiger partial charge in [-0.25, -0.2) is 4.79 Å². The van der Waals surface area contributed by atoms with Gasteiger partial charge in [-0.2, -0.15) is 0 Å². The van der Waals surface area contributed by atoms with Gasteiger partial charge >= 0.3 is 5.97 Å². The molecule has 8 nitrogen and oxygen atoms in total. The molecule has 9 heteroatoms. The van der Waals surface area contributed by atoms with Crippen LogP contribution in [-0.4, -0.2) is 23.9 Å². The van der Waals surface area contributed by atoms with Crippen LogP contribution in [0.25, 0.3) is 0 Å². The van der Waals surface area contributed by atoms with E-state index < -0.39 is 10.9 Å². The highest BCUT2D eigenvalue weighted by atomic mass is 35.5. The normalized spacial score (nSPS) is 10.3. The summed E-state index contributed by atoms with van der Waals surface area (Å²) in [5.41, 5.74) is 1.36. The third kappa shape index (κ3) is 5.58. The van der Waals surface area contributed by atoms with Crippen molar-refractivity contribution in [3.05, 3.63) is 98.6 Å². The summed E-state index contributed by atoms with van der Waals surface area (Å²) < 4.78 is 10.3. The van der Waals surface area contributed by atoms with E-state index in [1.54, 1.807) is 42.5 Å². The van der Waals surface area contributed by atoms with Crippen LogP contribution in [0.5, 0.6) is 5.75 Å². The van der Waals surface area contributed by atoms with Gasteiger partial charge in [-0.1, -0.05) is 17.7 Å². The first-order chi connectivity index (χ1) is 14.9. The molecule has 1 amide bonds. The van der Waals surface area contributed by atoms with Crippen molar-refractivity contribution in [3.63, 3.8) is 0 Å². The number of anilines is 1. The first-order valence-corrected chi connectivity index (χ1v) is 9.40. The molecule has 0 aliphatic rings. The highest BCUT2D eigenvalue weighted by molar-refractivity contribution is 6.31. The van der Waals surface area contributed by atoms with Crippen LogP contribution in [0.2, 0.25) is 5.02 Å². The Bertz CT molecular complexity index is 1130. The molecule has 0 atom stereocenters. The summed E-state index contributed by atoms with van der Waals surface area (Å²) in [6.45, 7) is -0.155. The minimum absolute atomic E-state index is 0.127. The summed E-state index contributed by atoms with van der Waals surface area (Å²) in [4.78, 5) is 35.0. The Morgan fingerprint density at radius 3 is 2.42 bits per heavy atom. The average molecular weight is 441 g/mol. The van der Waals surface area contributed by atoms with Crippen LogP contribution in [0.1, 0.15) is 26.3 Å². The maximum atomic E-state index is 12.4. The van der Waals surface area contributed by atoms with E-state index >= 15 is 0 Å². The summed E-state index contributed by atoms with van der Waals surface area (Å²) >= 11 is 6.01. The molecule has 158 valence electrons. The monoisotopic (exact) mass is 440 g/mol. The molecule has 0 unspecified atom stereocenters. The van der Waals surface area contributed by atoms with E-state index in [4.69, 9.17) is 21.1 Å². The predicted octanol–water partition coefficient (Wildman–Crippen LogP) is 4.87. The van der Waals surface area contributed by atoms with Crippen LogP contribution in [0.3, 0.4) is 0 Å². The second kappa shape index (κ2) is 9.73. The number of hydrogen-bond acceptors (Lipinski definition) is 6. The zero-order chi connectivity index (χ0) is 22.4. The number of benzene rings is 3. The number of carbonyl (C=O) groups excluding carboxylic acids is 2. The zero-order valence-corrected chi connectivity index (χ0v) is 17.1. The molecule has 0 heterocycles. The van der Waals surface area contributed by atoms with Gasteiger partial charge in [0.2, 0.25) is 0 Å². The number of non-ortho nitro benzene ring substituents is 1. The lowest BCUT2D eigenvalue weighted by Crippen LogP contribution is -2.12. The molecule has 31 heavy (non-hydrogen) atoms. The molecule has 0 radical (unpaired) electrons. The lowest BCUT2D eigenvalue weighted by Gasteiger charge is -2.09. The van der Waals surface area contributed by atoms with Crippen LogP contribution < -0.4 is 10.1 Å². The number of methoxy groups -OCH3 is 1. The summed E-state index contributed by atoms with van der Waals surface area (Å²) in [6, 6.07) is 16.8. The highest BCUT2D eigenvalue weighted by Gasteiger charge is 2.14. The first kappa shape index (κ1) is 21.8. The Balaban J connectivity index is 1.64. The van der Waals surface area contributed by atoms with Crippen LogP contribution in [-0.2, 0) is 11.3 Å². The van der Waals surface area contributed by atoms with Crippen LogP contribution in [0, 0.1) is 10.1 Å². The molecule has 0 saturated carbocycles. The molecule has 0 bridgehead atoms. The summed E-state index contributed by atoms with van der Waals surface area (Å²) in [5.74, 6) is -0.338. The summed E-state index contributed by atoms with van der Waals surface area (Å²) in [7, 11) is 1.54. The number of nitrogens with one attached hydrogen (secondary N) is 1. The van der Waals surface area contributed by atoms with Gasteiger partial charge in [-0.05, 0) is 48.5 Å². The van der Waals surface area contributed by atoms with E-state index in [1.807, 2.05) is 0 Å². The largest absolute Gasteiger partial charge is 0.497 e. The number of esters is 1. The Morgan fingerprint density at radius 2 is 1.77 bits per heavy atom. The Morgan fingerprint density at radius 1 is 1.03 bits per heavy atom. The van der Waals surface area contributed by atoms with Crippen molar-refractivity contribution in [2.24, 2.45) is 0 Å². The van der Waals surface area contributed by atoms with E-state index in [0.717, 1.165) is 0 Å². The zero-order valence-electron chi connectivity index (χ0n) is 16.3. The van der Waals surface area contributed by atoms with E-state index in [9.17, 15) is 19.7 Å². The molecule has 0 saturated heterocycles. The molecule has 3 aromatic carbocycles. The van der Waals surface area contributed by atoms with Crippen LogP contribution in [0.15, 0.2) is 66.7 Å². The maximum absolute atomic E-state index is 12.4. The molecule has 3 rings (SSSR count). The van der Waals surface area contributed by atoms with Crippen molar-refractivity contribution in [2.45, 2.75) is 6.61 Å². The van der Waals surface area contributed by atoms with Gasteiger partial charge in [0.15, 0.2) is 0 Å². The molecule has 0 aromatic heterocycles. The number of halogens is 1. The fourth-order valence-corrected chi connectivity index (χ4v) is 2.89. The van der Waals surface area contributed by atoms with Gasteiger partial charge in [0, 0.05) is 28.9 Å². The lowest BCUT2D eigenvalue weighted by atomic mass is 10.1. The van der Waals surface area contributed by atoms with E-state index in [1.165, 1.54) is 31.4 Å². The smallest absolute Gasteiger partial charge is 0.338 e. The number of nitro benzene ring substituents is 1. The van der Waals surface area contributed by atoms with E-state index in [2.05, 4.69) is 5.32 Å². The molecule has 0 aliphatic carbocycles. The van der Waals surface area contributed by atoms with Crippen LogP contribution in [0.4, 0.5) is 11.4 Å². The predicted molar refractivity (Wildman–Crippen MR) is 115 cm³/mol. The van der Waals surface area contributed by atoms with Crippen molar-refractivity contribution in [2.75, 3.05) is 12.4 Å². The first-order valence-electron chi connectivity index (χ1n) is 9.03. The summed E-state index contributed by atoms with van der Waals surface area (Å²) in [6.07, 6.45) is 0. The van der Waals surface area contributed by atoms with Gasteiger partial charge in [0.1, 0.15) is 12.4 Å². The maximum Gasteiger partial charge on any atom is 0.338 e. The minimum atomic E-state index is -0.630. The molecule has 1 N–H and O–H groups in total. The SMILES string of the molecule is COc1ccc(C(=O)Nc2cccc(C(=O)OCc3ccc([N+](=O)[O-])cc3Cl)c2)cc1. The number of ether oxygens (including phenoxy) is 2. The van der Waals surface area contributed by atoms with Gasteiger partial charge in [-0.3, -0.25) is 14.9 Å². The minimum Gasteiger partial charge on any atom is -0.497 e. The fourth-order valence-electron chi connectivity index (χ4n) is 2.66. The Hall–Kier alpha value is -3.91. The molecular weight excluding hydrogens is 424 g/mol. The molecule has 0 aliphatic heterocycles. The fraction of sp³-hybridized carbons (Fsp3) is 0.0909. The average Bonchev–Trinajstić information content (AvgIpc) is 2.78. The third-order valence-corrected chi connectivity index (χ3v) is 4.67. The van der Waals surface area contributed by atoms with E-state index in [-0.39, 0.29) is 28.8 Å². The Labute approximate surface area is 182 Å². The highest BCUT2D eigenvalue weighted by Crippen LogP contribution is 2.23. The van der Waals surface area contributed by atoms with Crippen LogP contribution >= 0.6 is 11.6 Å². The number of carbonyl (C=O) groups is 2. The number of amides is 1. The molecular formula is C22H17ClN2O6. The van der Waals surface area contributed by atoms with Gasteiger partial charge in [0.25, 0.3) is 11.6 Å². The summed E-state index contributed by atoms with van der Waals surface area (Å²) in [5, 5.41) is 13.6. The molecule has 0 spiro atoms. The van der Waals surface area contributed by atoms with Crippen molar-refractivity contribution >= 4 is 34.9 Å². The topological polar surface area (TPSA) is 108 Å². The van der Waals surface area contributed by atoms with Crippen molar-refractivity contribution in [1.82, 2.24) is 0 Å². The number of nitro groups is 1. The van der Waals surface area contributed by atoms with Crippen molar-refractivity contribution < 1.29 is 24.0 Å².